The normalized spacial score (nSPS) is 16.7. The first-order chi connectivity index (χ1) is 10.6. The zero-order valence-electron chi connectivity index (χ0n) is 12.7. The minimum Gasteiger partial charge on any atom is -0.191 e. The van der Waals surface area contributed by atoms with Crippen LogP contribution in [0.2, 0.25) is 5.15 Å². The zero-order chi connectivity index (χ0) is 15.3. The summed E-state index contributed by atoms with van der Waals surface area (Å²) in [6.07, 6.45) is 3.04. The van der Waals surface area contributed by atoms with Gasteiger partial charge >= 0.3 is 0 Å². The third-order valence-corrected chi connectivity index (χ3v) is 4.75. The predicted octanol–water partition coefficient (Wildman–Crippen LogP) is 3.96. The van der Waals surface area contributed by atoms with Gasteiger partial charge in [-0.05, 0) is 30.2 Å². The van der Waals surface area contributed by atoms with Gasteiger partial charge in [-0.25, -0.2) is 0 Å². The summed E-state index contributed by atoms with van der Waals surface area (Å²) in [6, 6.07) is 9.97. The lowest BCUT2D eigenvalue weighted by Gasteiger charge is -2.31. The van der Waals surface area contributed by atoms with Crippen LogP contribution in [-0.2, 0) is 12.8 Å². The van der Waals surface area contributed by atoms with E-state index in [9.17, 15) is 0 Å². The second kappa shape index (κ2) is 4.78. The number of aromatic nitrogens is 4. The number of halogens is 1. The van der Waals surface area contributed by atoms with Crippen LogP contribution in [0.3, 0.4) is 0 Å². The quantitative estimate of drug-likeness (QED) is 0.683. The van der Waals surface area contributed by atoms with Gasteiger partial charge in [0.15, 0.2) is 16.6 Å². The van der Waals surface area contributed by atoms with E-state index in [-0.39, 0.29) is 5.41 Å². The van der Waals surface area contributed by atoms with E-state index in [1.165, 1.54) is 5.56 Å². The van der Waals surface area contributed by atoms with Crippen molar-refractivity contribution in [2.24, 2.45) is 5.41 Å². The first-order valence-corrected chi connectivity index (χ1v) is 7.91. The molecule has 112 valence electrons. The molecule has 2 heterocycles. The van der Waals surface area contributed by atoms with Gasteiger partial charge in [0.05, 0.1) is 0 Å². The minimum absolute atomic E-state index is 0.263. The van der Waals surface area contributed by atoms with Gasteiger partial charge in [0.1, 0.15) is 0 Å². The van der Waals surface area contributed by atoms with Crippen molar-refractivity contribution in [2.75, 3.05) is 0 Å². The molecule has 3 aromatic rings. The fraction of sp³-hybridized carbons (Fsp3) is 0.353. The Hall–Kier alpha value is -1.94. The Balaban J connectivity index is 1.95. The molecule has 1 aliphatic rings. The number of aryl methyl sites for hydroxylation is 1. The Labute approximate surface area is 134 Å². The average Bonchev–Trinajstić information content (AvgIpc) is 2.91. The van der Waals surface area contributed by atoms with Gasteiger partial charge in [-0.15, -0.1) is 10.2 Å². The molecule has 0 amide bonds. The molecule has 2 aromatic heterocycles. The van der Waals surface area contributed by atoms with Crippen molar-refractivity contribution in [3.63, 3.8) is 0 Å². The highest BCUT2D eigenvalue weighted by Gasteiger charge is 2.30. The number of nitrogens with zero attached hydrogens (tertiary/aromatic N) is 4. The maximum absolute atomic E-state index is 6.48. The molecular formula is C17H17ClN4. The van der Waals surface area contributed by atoms with Crippen LogP contribution < -0.4 is 0 Å². The molecule has 0 spiro atoms. The van der Waals surface area contributed by atoms with E-state index in [0.29, 0.717) is 5.15 Å². The highest BCUT2D eigenvalue weighted by molar-refractivity contribution is 6.30. The molecule has 1 aromatic carbocycles. The standard InChI is InChI=1S/C17H17ClN4/c1-17(2)9-8-12-13(10-17)14(18)21-22-15(19-20-16(12)22)11-6-4-3-5-7-11/h3-7H,8-10H2,1-2H3. The Morgan fingerprint density at radius 1 is 1.09 bits per heavy atom. The van der Waals surface area contributed by atoms with Gasteiger partial charge in [0.25, 0.3) is 0 Å². The van der Waals surface area contributed by atoms with Crippen LogP contribution in [0.15, 0.2) is 30.3 Å². The lowest BCUT2D eigenvalue weighted by molar-refractivity contribution is 0.315. The Kier molecular flexibility index (Phi) is 2.98. The van der Waals surface area contributed by atoms with Crippen LogP contribution in [0.1, 0.15) is 31.4 Å². The molecule has 5 heteroatoms. The fourth-order valence-corrected chi connectivity index (χ4v) is 3.47. The summed E-state index contributed by atoms with van der Waals surface area (Å²) in [4.78, 5) is 0. The number of benzene rings is 1. The molecule has 0 saturated heterocycles. The number of hydrogen-bond donors (Lipinski definition) is 0. The largest absolute Gasteiger partial charge is 0.191 e. The fourth-order valence-electron chi connectivity index (χ4n) is 3.21. The number of hydrogen-bond acceptors (Lipinski definition) is 3. The van der Waals surface area contributed by atoms with Crippen LogP contribution in [0, 0.1) is 5.41 Å². The molecular weight excluding hydrogens is 296 g/mol. The van der Waals surface area contributed by atoms with Crippen molar-refractivity contribution in [2.45, 2.75) is 33.1 Å². The van der Waals surface area contributed by atoms with Gasteiger partial charge in [-0.1, -0.05) is 55.8 Å². The number of fused-ring (bicyclic) bond motifs is 3. The first kappa shape index (κ1) is 13.7. The van der Waals surface area contributed by atoms with Gasteiger partial charge in [0, 0.05) is 11.1 Å². The molecule has 0 atom stereocenters. The third-order valence-electron chi connectivity index (χ3n) is 4.45. The van der Waals surface area contributed by atoms with Gasteiger partial charge in [-0.2, -0.15) is 9.61 Å². The summed E-state index contributed by atoms with van der Waals surface area (Å²) in [5.41, 5.74) is 4.44. The van der Waals surface area contributed by atoms with Crippen LogP contribution in [-0.4, -0.2) is 19.8 Å². The summed E-state index contributed by atoms with van der Waals surface area (Å²) in [5.74, 6) is 0.741. The monoisotopic (exact) mass is 312 g/mol. The van der Waals surface area contributed by atoms with Gasteiger partial charge < -0.3 is 0 Å². The maximum Gasteiger partial charge on any atom is 0.185 e. The third kappa shape index (κ3) is 2.10. The molecule has 4 nitrogen and oxygen atoms in total. The molecule has 0 bridgehead atoms. The van der Waals surface area contributed by atoms with Gasteiger partial charge in [0.2, 0.25) is 0 Å². The summed E-state index contributed by atoms with van der Waals surface area (Å²) >= 11 is 6.48. The molecule has 0 unspecified atom stereocenters. The zero-order valence-corrected chi connectivity index (χ0v) is 13.4. The van der Waals surface area contributed by atoms with E-state index in [2.05, 4.69) is 29.1 Å². The second-order valence-corrected chi connectivity index (χ2v) is 7.07. The molecule has 0 fully saturated rings. The van der Waals surface area contributed by atoms with Crippen molar-refractivity contribution in [1.82, 2.24) is 19.8 Å². The summed E-state index contributed by atoms with van der Waals surface area (Å²) < 4.78 is 1.79. The average molecular weight is 313 g/mol. The van der Waals surface area contributed by atoms with Crippen molar-refractivity contribution in [3.8, 4) is 11.4 Å². The Morgan fingerprint density at radius 3 is 2.64 bits per heavy atom. The minimum atomic E-state index is 0.263. The Bertz CT molecular complexity index is 852. The highest BCUT2D eigenvalue weighted by atomic mass is 35.5. The number of rotatable bonds is 1. The predicted molar refractivity (Wildman–Crippen MR) is 87.0 cm³/mol. The molecule has 22 heavy (non-hydrogen) atoms. The lowest BCUT2D eigenvalue weighted by atomic mass is 9.75. The molecule has 1 aliphatic carbocycles. The molecule has 0 radical (unpaired) electrons. The van der Waals surface area contributed by atoms with Crippen molar-refractivity contribution < 1.29 is 0 Å². The molecule has 0 aliphatic heterocycles. The van der Waals surface area contributed by atoms with Crippen LogP contribution in [0.5, 0.6) is 0 Å². The van der Waals surface area contributed by atoms with Crippen LogP contribution in [0.25, 0.3) is 17.0 Å². The topological polar surface area (TPSA) is 43.1 Å². The lowest BCUT2D eigenvalue weighted by Crippen LogP contribution is -2.24. The summed E-state index contributed by atoms with van der Waals surface area (Å²) in [7, 11) is 0. The molecule has 0 saturated carbocycles. The van der Waals surface area contributed by atoms with E-state index in [4.69, 9.17) is 11.6 Å². The Morgan fingerprint density at radius 2 is 1.86 bits per heavy atom. The van der Waals surface area contributed by atoms with E-state index < -0.39 is 0 Å². The van der Waals surface area contributed by atoms with E-state index in [1.54, 1.807) is 4.52 Å². The van der Waals surface area contributed by atoms with Crippen molar-refractivity contribution in [1.29, 1.82) is 0 Å². The first-order valence-electron chi connectivity index (χ1n) is 7.53. The maximum atomic E-state index is 6.48. The summed E-state index contributed by atoms with van der Waals surface area (Å²) in [6.45, 7) is 4.55. The van der Waals surface area contributed by atoms with Crippen LogP contribution in [0.4, 0.5) is 0 Å². The second-order valence-electron chi connectivity index (χ2n) is 6.71. The smallest absolute Gasteiger partial charge is 0.185 e. The highest BCUT2D eigenvalue weighted by Crippen LogP contribution is 2.38. The SMILES string of the molecule is CC1(C)CCc2c(c(Cl)nn3c(-c4ccccc4)nnc23)C1. The van der Waals surface area contributed by atoms with Crippen molar-refractivity contribution in [3.05, 3.63) is 46.6 Å². The van der Waals surface area contributed by atoms with Gasteiger partial charge in [-0.3, -0.25) is 0 Å². The molecule has 4 rings (SSSR count). The van der Waals surface area contributed by atoms with E-state index in [0.717, 1.165) is 41.9 Å². The van der Waals surface area contributed by atoms with E-state index in [1.807, 2.05) is 30.3 Å². The van der Waals surface area contributed by atoms with E-state index >= 15 is 0 Å². The van der Waals surface area contributed by atoms with Crippen molar-refractivity contribution >= 4 is 17.2 Å². The summed E-state index contributed by atoms with van der Waals surface area (Å²) in [5, 5.41) is 13.9. The molecule has 0 N–H and O–H groups in total. The van der Waals surface area contributed by atoms with Crippen LogP contribution >= 0.6 is 11.6 Å².